The first-order valence-electron chi connectivity index (χ1n) is 33.4. The Morgan fingerprint density at radius 2 is 0.494 bits per heavy atom. The molecule has 79 heavy (non-hydrogen) atoms. The van der Waals surface area contributed by atoms with Gasteiger partial charge in [-0.25, -0.2) is 0 Å². The molecule has 1 unspecified atom stereocenters. The highest BCUT2D eigenvalue weighted by Crippen LogP contribution is 2.16. The number of unbranched alkanes of at least 4 members (excludes halogenated alkanes) is 31. The lowest BCUT2D eigenvalue weighted by atomic mass is 10.0. The summed E-state index contributed by atoms with van der Waals surface area (Å²) in [6.07, 6.45) is 91.1. The van der Waals surface area contributed by atoms with E-state index in [0.717, 1.165) is 116 Å². The normalized spacial score (nSPS) is 12.8. The van der Waals surface area contributed by atoms with Crippen molar-refractivity contribution in [2.24, 2.45) is 0 Å². The van der Waals surface area contributed by atoms with Crippen molar-refractivity contribution < 1.29 is 28.6 Å². The van der Waals surface area contributed by atoms with Crippen LogP contribution in [0.3, 0.4) is 0 Å². The number of allylic oxidation sites excluding steroid dienone is 18. The van der Waals surface area contributed by atoms with Crippen LogP contribution in [0, 0.1) is 0 Å². The molecule has 0 aromatic carbocycles. The minimum atomic E-state index is -0.803. The molecule has 0 bridgehead atoms. The van der Waals surface area contributed by atoms with Gasteiger partial charge in [-0.2, -0.15) is 0 Å². The van der Waals surface area contributed by atoms with Gasteiger partial charge >= 0.3 is 17.9 Å². The van der Waals surface area contributed by atoms with E-state index in [1.165, 1.54) is 161 Å². The standard InChI is InChI=1S/C73H124O6/c1-4-7-10-13-16-19-22-25-28-30-32-34-35-36-37-39-40-42-45-48-51-54-57-60-63-66-72(75)78-69-70(68-77-71(74)65-62-59-56-53-50-47-44-27-24-21-18-15-12-9-6-3)79-73(76)67-64-61-58-55-52-49-46-43-41-38-33-31-29-26-23-20-17-14-11-8-5-2/h8-9,11-12,17-18,20-21,26-27,29-30,32-33,38,44,50,53,70H,4-7,10,13-16,19,22-25,28,31,34-37,39-43,45-49,51-52,54-69H2,1-3H3/b11-8-,12-9-,20-17-,21-18-,29-26-,32-30-,38-33-,44-27-,53-50-. The third kappa shape index (κ3) is 64.8. The predicted molar refractivity (Wildman–Crippen MR) is 343 cm³/mol. The summed E-state index contributed by atoms with van der Waals surface area (Å²) in [7, 11) is 0. The Hall–Kier alpha value is -3.93. The fraction of sp³-hybridized carbons (Fsp3) is 0.712. The lowest BCUT2D eigenvalue weighted by Crippen LogP contribution is -2.30. The first-order valence-corrected chi connectivity index (χ1v) is 33.4. The van der Waals surface area contributed by atoms with E-state index in [1.807, 2.05) is 0 Å². The molecule has 0 radical (unpaired) electrons. The number of hydrogen-bond donors (Lipinski definition) is 0. The zero-order valence-electron chi connectivity index (χ0n) is 51.9. The van der Waals surface area contributed by atoms with Crippen LogP contribution in [0.2, 0.25) is 0 Å². The van der Waals surface area contributed by atoms with Crippen LogP contribution in [0.1, 0.15) is 316 Å². The Kier molecular flexibility index (Phi) is 63.3. The van der Waals surface area contributed by atoms with Crippen molar-refractivity contribution in [3.8, 4) is 0 Å². The molecular weight excluding hydrogens is 973 g/mol. The third-order valence-electron chi connectivity index (χ3n) is 14.2. The van der Waals surface area contributed by atoms with Gasteiger partial charge in [-0.15, -0.1) is 0 Å². The maximum atomic E-state index is 12.9. The van der Waals surface area contributed by atoms with Crippen LogP contribution in [0.15, 0.2) is 109 Å². The van der Waals surface area contributed by atoms with Gasteiger partial charge in [0.15, 0.2) is 6.10 Å². The number of esters is 3. The monoisotopic (exact) mass is 1100 g/mol. The van der Waals surface area contributed by atoms with E-state index in [9.17, 15) is 14.4 Å². The minimum Gasteiger partial charge on any atom is -0.462 e. The van der Waals surface area contributed by atoms with Crippen molar-refractivity contribution in [3.63, 3.8) is 0 Å². The molecule has 1 atom stereocenters. The zero-order chi connectivity index (χ0) is 57.1. The molecule has 0 spiro atoms. The molecule has 6 nitrogen and oxygen atoms in total. The van der Waals surface area contributed by atoms with Crippen molar-refractivity contribution in [3.05, 3.63) is 109 Å². The quantitative estimate of drug-likeness (QED) is 0.0261. The minimum absolute atomic E-state index is 0.0945. The average Bonchev–Trinajstić information content (AvgIpc) is 3.45. The zero-order valence-corrected chi connectivity index (χ0v) is 51.9. The number of rotatable bonds is 60. The van der Waals surface area contributed by atoms with Gasteiger partial charge in [-0.05, 0) is 122 Å². The highest BCUT2D eigenvalue weighted by atomic mass is 16.6. The van der Waals surface area contributed by atoms with Gasteiger partial charge in [0.25, 0.3) is 0 Å². The van der Waals surface area contributed by atoms with Gasteiger partial charge < -0.3 is 14.2 Å². The van der Waals surface area contributed by atoms with Crippen molar-refractivity contribution in [2.45, 2.75) is 322 Å². The molecule has 0 heterocycles. The molecule has 0 aliphatic rings. The fourth-order valence-corrected chi connectivity index (χ4v) is 9.30. The van der Waals surface area contributed by atoms with Gasteiger partial charge in [-0.3, -0.25) is 14.4 Å². The maximum absolute atomic E-state index is 12.9. The largest absolute Gasteiger partial charge is 0.462 e. The second-order valence-electron chi connectivity index (χ2n) is 22.0. The summed E-state index contributed by atoms with van der Waals surface area (Å²) in [6.45, 7) is 6.40. The van der Waals surface area contributed by atoms with E-state index in [1.54, 1.807) is 0 Å². The molecule has 0 aliphatic carbocycles. The van der Waals surface area contributed by atoms with E-state index in [4.69, 9.17) is 14.2 Å². The SMILES string of the molecule is CC/C=C\C/C=C\C/C=C\C/C=C\CCCCCCCCCCC(=O)OC(COC(=O)CCCC/C=C\C/C=C\C/C=C\C/C=C\CC)COC(=O)CCCCCCCCCCCCCCC/C=C\CCCCCCCCCC. The lowest BCUT2D eigenvalue weighted by molar-refractivity contribution is -0.167. The first kappa shape index (κ1) is 75.1. The van der Waals surface area contributed by atoms with Gasteiger partial charge in [-0.1, -0.05) is 284 Å². The number of carbonyl (C=O) groups is 3. The molecule has 0 aliphatic heterocycles. The van der Waals surface area contributed by atoms with Crippen molar-refractivity contribution in [1.82, 2.24) is 0 Å². The highest BCUT2D eigenvalue weighted by Gasteiger charge is 2.19. The Labute approximate surface area is 489 Å². The maximum Gasteiger partial charge on any atom is 0.306 e. The molecule has 0 aromatic heterocycles. The Balaban J connectivity index is 4.37. The van der Waals surface area contributed by atoms with E-state index in [2.05, 4.69) is 130 Å². The molecule has 0 aromatic rings. The summed E-state index contributed by atoms with van der Waals surface area (Å²) < 4.78 is 16.9. The van der Waals surface area contributed by atoms with Crippen LogP contribution >= 0.6 is 0 Å². The van der Waals surface area contributed by atoms with Crippen LogP contribution in [0.5, 0.6) is 0 Å². The Bertz CT molecular complexity index is 1590. The molecule has 0 saturated carbocycles. The van der Waals surface area contributed by atoms with Crippen LogP contribution in [-0.2, 0) is 28.6 Å². The summed E-state index contributed by atoms with van der Waals surface area (Å²) in [5, 5.41) is 0. The van der Waals surface area contributed by atoms with Crippen molar-refractivity contribution >= 4 is 17.9 Å². The van der Waals surface area contributed by atoms with Crippen molar-refractivity contribution in [2.75, 3.05) is 13.2 Å². The second kappa shape index (κ2) is 66.6. The topological polar surface area (TPSA) is 78.9 Å². The molecular formula is C73H124O6. The Morgan fingerprint density at radius 1 is 0.266 bits per heavy atom. The van der Waals surface area contributed by atoms with Crippen LogP contribution in [0.25, 0.3) is 0 Å². The molecule has 0 rings (SSSR count). The molecule has 0 amide bonds. The predicted octanol–water partition coefficient (Wildman–Crippen LogP) is 23.0. The molecule has 452 valence electrons. The summed E-state index contributed by atoms with van der Waals surface area (Å²) >= 11 is 0. The Morgan fingerprint density at radius 3 is 0.810 bits per heavy atom. The summed E-state index contributed by atoms with van der Waals surface area (Å²) in [6, 6.07) is 0. The van der Waals surface area contributed by atoms with Gasteiger partial charge in [0.05, 0.1) is 0 Å². The highest BCUT2D eigenvalue weighted by molar-refractivity contribution is 5.71. The van der Waals surface area contributed by atoms with E-state index >= 15 is 0 Å². The molecule has 0 saturated heterocycles. The van der Waals surface area contributed by atoms with Crippen molar-refractivity contribution in [1.29, 1.82) is 0 Å². The smallest absolute Gasteiger partial charge is 0.306 e. The third-order valence-corrected chi connectivity index (χ3v) is 14.2. The summed E-state index contributed by atoms with van der Waals surface area (Å²) in [5.74, 6) is -0.937. The van der Waals surface area contributed by atoms with E-state index < -0.39 is 6.10 Å². The lowest BCUT2D eigenvalue weighted by Gasteiger charge is -2.18. The number of hydrogen-bond acceptors (Lipinski definition) is 6. The molecule has 0 N–H and O–H groups in total. The molecule has 0 fully saturated rings. The van der Waals surface area contributed by atoms with Crippen LogP contribution < -0.4 is 0 Å². The average molecular weight is 1100 g/mol. The van der Waals surface area contributed by atoms with E-state index in [-0.39, 0.29) is 31.1 Å². The fourth-order valence-electron chi connectivity index (χ4n) is 9.30. The summed E-state index contributed by atoms with van der Waals surface area (Å²) in [5.41, 5.74) is 0. The number of carbonyl (C=O) groups excluding carboxylic acids is 3. The number of ether oxygens (including phenoxy) is 3. The van der Waals surface area contributed by atoms with Gasteiger partial charge in [0, 0.05) is 19.3 Å². The van der Waals surface area contributed by atoms with Crippen LogP contribution in [0.4, 0.5) is 0 Å². The van der Waals surface area contributed by atoms with E-state index in [0.29, 0.717) is 19.3 Å². The molecule has 6 heteroatoms. The summed E-state index contributed by atoms with van der Waals surface area (Å²) in [4.78, 5) is 38.4. The van der Waals surface area contributed by atoms with Gasteiger partial charge in [0.2, 0.25) is 0 Å². The van der Waals surface area contributed by atoms with Crippen LogP contribution in [-0.4, -0.2) is 37.2 Å². The van der Waals surface area contributed by atoms with Gasteiger partial charge in [0.1, 0.15) is 13.2 Å². The first-order chi connectivity index (χ1) is 39.0. The second-order valence-corrected chi connectivity index (χ2v) is 22.0.